The van der Waals surface area contributed by atoms with Crippen molar-refractivity contribution >= 4 is 27.3 Å². The molecule has 1 aromatic carbocycles. The van der Waals surface area contributed by atoms with Crippen LogP contribution in [0, 0.1) is 5.41 Å². The SMILES string of the molecule is CC(C)(CNC(=O)C1(S(C)(=O)=O)CCNCC1)Cc1cccc(Cl)c1. The molecule has 1 saturated heterocycles. The summed E-state index contributed by atoms with van der Waals surface area (Å²) in [6.07, 6.45) is 2.52. The van der Waals surface area contributed by atoms with E-state index in [1.54, 1.807) is 0 Å². The van der Waals surface area contributed by atoms with Crippen LogP contribution in [0.3, 0.4) is 0 Å². The molecule has 0 saturated carbocycles. The topological polar surface area (TPSA) is 75.3 Å². The number of rotatable bonds is 6. The van der Waals surface area contributed by atoms with E-state index in [2.05, 4.69) is 10.6 Å². The van der Waals surface area contributed by atoms with Crippen LogP contribution in [-0.4, -0.2) is 45.0 Å². The predicted octanol–water partition coefficient (Wildman–Crippen LogP) is 2.19. The Hall–Kier alpha value is -1.11. The predicted molar refractivity (Wildman–Crippen MR) is 102 cm³/mol. The molecule has 1 amide bonds. The summed E-state index contributed by atoms with van der Waals surface area (Å²) < 4.78 is 23.3. The Morgan fingerprint density at radius 2 is 1.96 bits per heavy atom. The highest BCUT2D eigenvalue weighted by atomic mass is 35.5. The maximum atomic E-state index is 12.8. The van der Waals surface area contributed by atoms with Gasteiger partial charge in [0.1, 0.15) is 0 Å². The van der Waals surface area contributed by atoms with Gasteiger partial charge in [-0.15, -0.1) is 0 Å². The van der Waals surface area contributed by atoms with Gasteiger partial charge in [-0.3, -0.25) is 4.79 Å². The van der Waals surface area contributed by atoms with Crippen molar-refractivity contribution in [2.75, 3.05) is 25.9 Å². The molecule has 1 heterocycles. The summed E-state index contributed by atoms with van der Waals surface area (Å²) in [5, 5.41) is 6.70. The molecule has 7 heteroatoms. The highest BCUT2D eigenvalue weighted by Crippen LogP contribution is 2.29. The van der Waals surface area contributed by atoms with E-state index >= 15 is 0 Å². The third-order valence-corrected chi connectivity index (χ3v) is 7.08. The highest BCUT2D eigenvalue weighted by Gasteiger charge is 2.48. The van der Waals surface area contributed by atoms with Gasteiger partial charge < -0.3 is 10.6 Å². The number of benzene rings is 1. The van der Waals surface area contributed by atoms with E-state index < -0.39 is 14.6 Å². The van der Waals surface area contributed by atoms with Gasteiger partial charge in [-0.05, 0) is 55.5 Å². The molecule has 0 unspecified atom stereocenters. The average molecular weight is 387 g/mol. The number of piperidine rings is 1. The number of hydrogen-bond acceptors (Lipinski definition) is 4. The van der Waals surface area contributed by atoms with Crippen LogP contribution >= 0.6 is 11.6 Å². The molecule has 140 valence electrons. The smallest absolute Gasteiger partial charge is 0.241 e. The Kier molecular flexibility index (Phi) is 6.17. The lowest BCUT2D eigenvalue weighted by Crippen LogP contribution is -2.58. The monoisotopic (exact) mass is 386 g/mol. The van der Waals surface area contributed by atoms with Gasteiger partial charge in [0, 0.05) is 17.8 Å². The molecule has 2 N–H and O–H groups in total. The Morgan fingerprint density at radius 1 is 1.32 bits per heavy atom. The number of carbonyl (C=O) groups is 1. The van der Waals surface area contributed by atoms with Crippen molar-refractivity contribution in [3.05, 3.63) is 34.9 Å². The van der Waals surface area contributed by atoms with Gasteiger partial charge in [0.15, 0.2) is 14.6 Å². The number of amides is 1. The maximum Gasteiger partial charge on any atom is 0.241 e. The fourth-order valence-electron chi connectivity index (χ4n) is 3.34. The van der Waals surface area contributed by atoms with Gasteiger partial charge in [0.05, 0.1) is 0 Å². The second-order valence-electron chi connectivity index (χ2n) is 7.67. The van der Waals surface area contributed by atoms with Crippen LogP contribution < -0.4 is 10.6 Å². The van der Waals surface area contributed by atoms with E-state index in [1.807, 2.05) is 38.1 Å². The molecular weight excluding hydrogens is 360 g/mol. The summed E-state index contributed by atoms with van der Waals surface area (Å²) in [4.78, 5) is 12.8. The van der Waals surface area contributed by atoms with Gasteiger partial charge in [-0.2, -0.15) is 0 Å². The molecule has 1 aromatic rings. The number of nitrogens with one attached hydrogen (secondary N) is 2. The molecule has 0 aromatic heterocycles. The Balaban J connectivity index is 2.06. The molecule has 0 aliphatic carbocycles. The fourth-order valence-corrected chi connectivity index (χ4v) is 4.91. The van der Waals surface area contributed by atoms with Crippen molar-refractivity contribution < 1.29 is 13.2 Å². The van der Waals surface area contributed by atoms with Crippen molar-refractivity contribution in [2.45, 2.75) is 37.9 Å². The summed E-state index contributed by atoms with van der Waals surface area (Å²) in [5.74, 6) is -0.379. The maximum absolute atomic E-state index is 12.8. The third kappa shape index (κ3) is 4.96. The number of hydrogen-bond donors (Lipinski definition) is 2. The van der Waals surface area contributed by atoms with Crippen LogP contribution in [0.2, 0.25) is 5.02 Å². The molecule has 0 bridgehead atoms. The van der Waals surface area contributed by atoms with Crippen LogP contribution in [0.4, 0.5) is 0 Å². The van der Waals surface area contributed by atoms with E-state index in [-0.39, 0.29) is 11.3 Å². The second-order valence-corrected chi connectivity index (χ2v) is 10.4. The average Bonchev–Trinajstić information content (AvgIpc) is 2.52. The molecule has 0 spiro atoms. The zero-order valence-electron chi connectivity index (χ0n) is 15.1. The lowest BCUT2D eigenvalue weighted by Gasteiger charge is -2.35. The molecule has 2 rings (SSSR count). The standard InChI is InChI=1S/C18H27ClN2O3S/c1-17(2,12-14-5-4-6-15(19)11-14)13-21-16(22)18(25(3,23)24)7-9-20-10-8-18/h4-6,11,20H,7-10,12-13H2,1-3H3,(H,21,22). The van der Waals surface area contributed by atoms with Gasteiger partial charge in [-0.1, -0.05) is 37.6 Å². The lowest BCUT2D eigenvalue weighted by atomic mass is 9.85. The molecule has 0 atom stereocenters. The molecule has 1 fully saturated rings. The van der Waals surface area contributed by atoms with Crippen LogP contribution in [0.5, 0.6) is 0 Å². The highest BCUT2D eigenvalue weighted by molar-refractivity contribution is 7.92. The minimum Gasteiger partial charge on any atom is -0.354 e. The first-order chi connectivity index (χ1) is 11.6. The van der Waals surface area contributed by atoms with Crippen LogP contribution in [0.25, 0.3) is 0 Å². The van der Waals surface area contributed by atoms with Crippen molar-refractivity contribution in [1.29, 1.82) is 0 Å². The van der Waals surface area contributed by atoms with E-state index in [4.69, 9.17) is 11.6 Å². The third-order valence-electron chi connectivity index (χ3n) is 4.83. The van der Waals surface area contributed by atoms with E-state index in [0.717, 1.165) is 18.2 Å². The summed E-state index contributed by atoms with van der Waals surface area (Å²) in [6.45, 7) is 5.56. The minimum atomic E-state index is -3.49. The van der Waals surface area contributed by atoms with E-state index in [0.29, 0.717) is 37.5 Å². The largest absolute Gasteiger partial charge is 0.354 e. The summed E-state index contributed by atoms with van der Waals surface area (Å²) in [7, 11) is -3.49. The minimum absolute atomic E-state index is 0.216. The quantitative estimate of drug-likeness (QED) is 0.785. The Bertz CT molecular complexity index is 726. The molecule has 0 radical (unpaired) electrons. The molecule has 1 aliphatic rings. The Labute approximate surface area is 155 Å². The zero-order valence-corrected chi connectivity index (χ0v) is 16.6. The van der Waals surface area contributed by atoms with Crippen molar-refractivity contribution in [1.82, 2.24) is 10.6 Å². The number of sulfone groups is 1. The van der Waals surface area contributed by atoms with Crippen molar-refractivity contribution in [3.8, 4) is 0 Å². The van der Waals surface area contributed by atoms with E-state index in [1.165, 1.54) is 0 Å². The van der Waals surface area contributed by atoms with Crippen molar-refractivity contribution in [3.63, 3.8) is 0 Å². The van der Waals surface area contributed by atoms with Gasteiger partial charge >= 0.3 is 0 Å². The molecule has 5 nitrogen and oxygen atoms in total. The van der Waals surface area contributed by atoms with Crippen LogP contribution in [-0.2, 0) is 21.1 Å². The van der Waals surface area contributed by atoms with Gasteiger partial charge in [0.25, 0.3) is 0 Å². The van der Waals surface area contributed by atoms with E-state index in [9.17, 15) is 13.2 Å². The van der Waals surface area contributed by atoms with Crippen LogP contribution in [0.15, 0.2) is 24.3 Å². The zero-order chi connectivity index (χ0) is 18.7. The first kappa shape index (κ1) is 20.2. The van der Waals surface area contributed by atoms with Crippen LogP contribution in [0.1, 0.15) is 32.3 Å². The summed E-state index contributed by atoms with van der Waals surface area (Å²) in [6, 6.07) is 7.64. The van der Waals surface area contributed by atoms with Crippen molar-refractivity contribution in [2.24, 2.45) is 5.41 Å². The molecular formula is C18H27ClN2O3S. The summed E-state index contributed by atoms with van der Waals surface area (Å²) in [5.41, 5.74) is 0.873. The Morgan fingerprint density at radius 3 is 2.52 bits per heavy atom. The first-order valence-electron chi connectivity index (χ1n) is 8.49. The first-order valence-corrected chi connectivity index (χ1v) is 10.8. The second kappa shape index (κ2) is 7.64. The molecule has 1 aliphatic heterocycles. The summed E-state index contributed by atoms with van der Waals surface area (Å²) >= 11 is 6.03. The number of halogens is 1. The normalized spacial score (nSPS) is 17.9. The van der Waals surface area contributed by atoms with Gasteiger partial charge in [-0.25, -0.2) is 8.42 Å². The van der Waals surface area contributed by atoms with Gasteiger partial charge in [0.2, 0.25) is 5.91 Å². The number of carbonyl (C=O) groups excluding carboxylic acids is 1. The molecule has 25 heavy (non-hydrogen) atoms. The fraction of sp³-hybridized carbons (Fsp3) is 0.611. The lowest BCUT2D eigenvalue weighted by molar-refractivity contribution is -0.124.